The number of aromatic nitrogens is 1. The molecule has 0 saturated heterocycles. The Hall–Kier alpha value is -0.990. The number of rotatable bonds is 1. The van der Waals surface area contributed by atoms with Gasteiger partial charge in [0.25, 0.3) is 6.01 Å². The highest BCUT2D eigenvalue weighted by Crippen LogP contribution is 2.07. The van der Waals surface area contributed by atoms with Gasteiger partial charge in [-0.1, -0.05) is 0 Å². The minimum Gasteiger partial charge on any atom is -0.432 e. The van der Waals surface area contributed by atoms with Gasteiger partial charge in [0, 0.05) is 14.1 Å². The number of aryl methyl sites for hydroxylation is 1. The fourth-order valence-corrected chi connectivity index (χ4v) is 0.547. The molecule has 0 spiro atoms. The summed E-state index contributed by atoms with van der Waals surface area (Å²) in [6, 6.07) is 0.660. The van der Waals surface area contributed by atoms with Crippen molar-refractivity contribution in [1.82, 2.24) is 4.98 Å². The van der Waals surface area contributed by atoms with E-state index in [4.69, 9.17) is 4.42 Å². The summed E-state index contributed by atoms with van der Waals surface area (Å²) in [5.41, 5.74) is 0.915. The summed E-state index contributed by atoms with van der Waals surface area (Å²) in [7, 11) is 3.79. The van der Waals surface area contributed by atoms with Gasteiger partial charge in [0.1, 0.15) is 6.26 Å². The molecule has 0 radical (unpaired) electrons. The third-order valence-corrected chi connectivity index (χ3v) is 0.989. The average Bonchev–Trinajstić information content (AvgIpc) is 2.14. The van der Waals surface area contributed by atoms with Crippen molar-refractivity contribution in [3.8, 4) is 0 Å². The Morgan fingerprint density at radius 2 is 2.22 bits per heavy atom. The molecule has 0 aliphatic carbocycles. The lowest BCUT2D eigenvalue weighted by Gasteiger charge is -2.02. The Morgan fingerprint density at radius 1 is 1.56 bits per heavy atom. The van der Waals surface area contributed by atoms with Crippen LogP contribution >= 0.6 is 0 Å². The zero-order valence-electron chi connectivity index (χ0n) is 5.88. The van der Waals surface area contributed by atoms with Crippen LogP contribution < -0.4 is 4.90 Å². The highest BCUT2D eigenvalue weighted by Gasteiger charge is 1.99. The van der Waals surface area contributed by atoms with E-state index in [0.29, 0.717) is 6.01 Å². The maximum Gasteiger partial charge on any atom is 0.296 e. The van der Waals surface area contributed by atoms with Crippen molar-refractivity contribution < 1.29 is 4.42 Å². The minimum atomic E-state index is 0.660. The molecule has 0 atom stereocenters. The fraction of sp³-hybridized carbons (Fsp3) is 0.500. The highest BCUT2D eigenvalue weighted by atomic mass is 16.4. The molecule has 9 heavy (non-hydrogen) atoms. The molecule has 1 rings (SSSR count). The van der Waals surface area contributed by atoms with E-state index in [2.05, 4.69) is 4.98 Å². The van der Waals surface area contributed by atoms with Gasteiger partial charge in [0.05, 0.1) is 5.69 Å². The van der Waals surface area contributed by atoms with Gasteiger partial charge < -0.3 is 9.32 Å². The topological polar surface area (TPSA) is 29.3 Å². The third-order valence-electron chi connectivity index (χ3n) is 0.989. The van der Waals surface area contributed by atoms with Crippen LogP contribution in [0.2, 0.25) is 0 Å². The first-order valence-electron chi connectivity index (χ1n) is 2.79. The first-order valence-corrected chi connectivity index (χ1v) is 2.79. The molecule has 0 bridgehead atoms. The summed E-state index contributed by atoms with van der Waals surface area (Å²) >= 11 is 0. The summed E-state index contributed by atoms with van der Waals surface area (Å²) in [5.74, 6) is 0. The Bertz CT molecular complexity index is 193. The van der Waals surface area contributed by atoms with Crippen LogP contribution in [0.25, 0.3) is 0 Å². The predicted molar refractivity (Wildman–Crippen MR) is 35.6 cm³/mol. The van der Waals surface area contributed by atoms with Gasteiger partial charge in [-0.2, -0.15) is 4.98 Å². The van der Waals surface area contributed by atoms with Gasteiger partial charge in [-0.05, 0) is 6.92 Å². The van der Waals surface area contributed by atoms with Gasteiger partial charge >= 0.3 is 0 Å². The quantitative estimate of drug-likeness (QED) is 0.563. The summed E-state index contributed by atoms with van der Waals surface area (Å²) in [6.07, 6.45) is 1.63. The predicted octanol–water partition coefficient (Wildman–Crippen LogP) is 1.05. The normalized spacial score (nSPS) is 9.67. The number of nitrogens with zero attached hydrogens (tertiary/aromatic N) is 2. The van der Waals surface area contributed by atoms with E-state index in [1.165, 1.54) is 0 Å². The lowest BCUT2D eigenvalue weighted by atomic mass is 10.6. The summed E-state index contributed by atoms with van der Waals surface area (Å²) in [4.78, 5) is 5.90. The number of oxazole rings is 1. The molecular formula is C6H10N2O. The largest absolute Gasteiger partial charge is 0.432 e. The Labute approximate surface area is 54.3 Å². The first-order chi connectivity index (χ1) is 4.20. The SMILES string of the molecule is Cc1coc(N(C)C)n1. The van der Waals surface area contributed by atoms with Crippen molar-refractivity contribution in [3.63, 3.8) is 0 Å². The smallest absolute Gasteiger partial charge is 0.296 e. The molecular weight excluding hydrogens is 116 g/mol. The van der Waals surface area contributed by atoms with Crippen molar-refractivity contribution in [2.24, 2.45) is 0 Å². The standard InChI is InChI=1S/C6H10N2O/c1-5-4-9-6(7-5)8(2)3/h4H,1-3H3. The van der Waals surface area contributed by atoms with Crippen LogP contribution in [0.3, 0.4) is 0 Å². The second kappa shape index (κ2) is 2.09. The summed E-state index contributed by atoms with van der Waals surface area (Å²) < 4.78 is 5.04. The van der Waals surface area contributed by atoms with Gasteiger partial charge in [0.15, 0.2) is 0 Å². The molecule has 0 fully saturated rings. The fourth-order valence-electron chi connectivity index (χ4n) is 0.547. The average molecular weight is 126 g/mol. The second-order valence-electron chi connectivity index (χ2n) is 2.17. The van der Waals surface area contributed by atoms with Crippen molar-refractivity contribution in [2.75, 3.05) is 19.0 Å². The van der Waals surface area contributed by atoms with Crippen molar-refractivity contribution in [1.29, 1.82) is 0 Å². The Balaban J connectivity index is 2.85. The first kappa shape index (κ1) is 6.13. The molecule has 0 aromatic carbocycles. The van der Waals surface area contributed by atoms with E-state index in [9.17, 15) is 0 Å². The zero-order chi connectivity index (χ0) is 6.85. The van der Waals surface area contributed by atoms with Crippen LogP contribution in [0.1, 0.15) is 5.69 Å². The maximum atomic E-state index is 5.04. The van der Waals surface area contributed by atoms with Crippen LogP contribution in [0.4, 0.5) is 6.01 Å². The molecule has 1 heterocycles. The molecule has 0 unspecified atom stereocenters. The third kappa shape index (κ3) is 1.22. The van der Waals surface area contributed by atoms with Crippen LogP contribution in [0.15, 0.2) is 10.7 Å². The number of hydrogen-bond acceptors (Lipinski definition) is 3. The van der Waals surface area contributed by atoms with Gasteiger partial charge in [-0.25, -0.2) is 0 Å². The van der Waals surface area contributed by atoms with Gasteiger partial charge in [0.2, 0.25) is 0 Å². The van der Waals surface area contributed by atoms with Crippen LogP contribution in [0.5, 0.6) is 0 Å². The van der Waals surface area contributed by atoms with Crippen LogP contribution in [0, 0.1) is 6.92 Å². The molecule has 0 saturated carbocycles. The molecule has 0 aliphatic heterocycles. The number of hydrogen-bond donors (Lipinski definition) is 0. The molecule has 3 heteroatoms. The van der Waals surface area contributed by atoms with Crippen molar-refractivity contribution in [3.05, 3.63) is 12.0 Å². The maximum absolute atomic E-state index is 5.04. The lowest BCUT2D eigenvalue weighted by Crippen LogP contribution is -2.08. The van der Waals surface area contributed by atoms with E-state index in [0.717, 1.165) is 5.69 Å². The van der Waals surface area contributed by atoms with E-state index in [1.807, 2.05) is 25.9 Å². The molecule has 50 valence electrons. The number of anilines is 1. The summed E-state index contributed by atoms with van der Waals surface area (Å²) in [6.45, 7) is 1.90. The van der Waals surface area contributed by atoms with Crippen LogP contribution in [-0.2, 0) is 0 Å². The minimum absolute atomic E-state index is 0.660. The van der Waals surface area contributed by atoms with E-state index >= 15 is 0 Å². The van der Waals surface area contributed by atoms with Crippen LogP contribution in [-0.4, -0.2) is 19.1 Å². The second-order valence-corrected chi connectivity index (χ2v) is 2.17. The molecule has 1 aromatic heterocycles. The zero-order valence-corrected chi connectivity index (χ0v) is 5.88. The molecule has 0 N–H and O–H groups in total. The van der Waals surface area contributed by atoms with E-state index in [1.54, 1.807) is 6.26 Å². The lowest BCUT2D eigenvalue weighted by molar-refractivity contribution is 0.555. The van der Waals surface area contributed by atoms with Crippen molar-refractivity contribution in [2.45, 2.75) is 6.92 Å². The summed E-state index contributed by atoms with van der Waals surface area (Å²) in [5, 5.41) is 0. The highest BCUT2D eigenvalue weighted by molar-refractivity contribution is 5.22. The van der Waals surface area contributed by atoms with E-state index in [-0.39, 0.29) is 0 Å². The molecule has 0 amide bonds. The van der Waals surface area contributed by atoms with Crippen molar-refractivity contribution >= 4 is 6.01 Å². The molecule has 1 aromatic rings. The molecule has 0 aliphatic rings. The Morgan fingerprint density at radius 3 is 2.44 bits per heavy atom. The van der Waals surface area contributed by atoms with Gasteiger partial charge in [-0.15, -0.1) is 0 Å². The molecule has 3 nitrogen and oxygen atoms in total. The van der Waals surface area contributed by atoms with Gasteiger partial charge in [-0.3, -0.25) is 0 Å². The Kier molecular flexibility index (Phi) is 1.42. The monoisotopic (exact) mass is 126 g/mol. The van der Waals surface area contributed by atoms with E-state index < -0.39 is 0 Å².